The second-order valence-electron chi connectivity index (χ2n) is 6.06. The molecule has 3 nitrogen and oxygen atoms in total. The van der Waals surface area contributed by atoms with Gasteiger partial charge in [-0.05, 0) is 47.7 Å². The maximum atomic E-state index is 12.4. The van der Waals surface area contributed by atoms with E-state index in [1.165, 1.54) is 0 Å². The van der Waals surface area contributed by atoms with E-state index in [2.05, 4.69) is 0 Å². The van der Waals surface area contributed by atoms with Crippen LogP contribution < -0.4 is 0 Å². The Morgan fingerprint density at radius 2 is 1.82 bits per heavy atom. The van der Waals surface area contributed by atoms with E-state index >= 15 is 0 Å². The molecule has 0 unspecified atom stereocenters. The molecule has 0 bridgehead atoms. The van der Waals surface area contributed by atoms with Gasteiger partial charge in [0.05, 0.1) is 21.5 Å². The van der Waals surface area contributed by atoms with Crippen molar-refractivity contribution >= 4 is 63.5 Å². The molecule has 4 rings (SSSR count). The summed E-state index contributed by atoms with van der Waals surface area (Å²) >= 11 is 19.0. The highest BCUT2D eigenvalue weighted by molar-refractivity contribution is 8.19. The first-order valence-electron chi connectivity index (χ1n) is 8.36. The van der Waals surface area contributed by atoms with E-state index in [-0.39, 0.29) is 5.24 Å². The van der Waals surface area contributed by atoms with Crippen LogP contribution in [0, 0.1) is 0 Å². The summed E-state index contributed by atoms with van der Waals surface area (Å²) in [4.78, 5) is 15.2. The number of benzene rings is 2. The molecule has 0 aliphatic carbocycles. The van der Waals surface area contributed by atoms with Crippen molar-refractivity contribution in [3.05, 3.63) is 86.9 Å². The van der Waals surface area contributed by atoms with Gasteiger partial charge in [0.25, 0.3) is 5.24 Å². The number of carbonyl (C=O) groups excluding carboxylic acids is 1. The van der Waals surface area contributed by atoms with Crippen molar-refractivity contribution in [2.75, 3.05) is 0 Å². The molecule has 1 aromatic heterocycles. The molecule has 7 heteroatoms. The van der Waals surface area contributed by atoms with Gasteiger partial charge in [-0.25, -0.2) is 0 Å². The van der Waals surface area contributed by atoms with Gasteiger partial charge in [0, 0.05) is 5.56 Å². The Balaban J connectivity index is 1.57. The van der Waals surface area contributed by atoms with Crippen molar-refractivity contribution in [1.82, 2.24) is 4.90 Å². The maximum absolute atomic E-state index is 12.4. The summed E-state index contributed by atoms with van der Waals surface area (Å²) in [5, 5.41) is 0.808. The Hall–Kier alpha value is -2.05. The Kier molecular flexibility index (Phi) is 5.60. The second kappa shape index (κ2) is 8.13. The molecular formula is C21H13Cl2NO2S2. The third-order valence-electron chi connectivity index (χ3n) is 4.17. The van der Waals surface area contributed by atoms with Crippen LogP contribution in [0.25, 0.3) is 17.4 Å². The minimum Gasteiger partial charge on any atom is -0.457 e. The lowest BCUT2D eigenvalue weighted by atomic mass is 10.2. The molecule has 0 radical (unpaired) electrons. The normalized spacial score (nSPS) is 15.6. The van der Waals surface area contributed by atoms with Crippen LogP contribution in [0.5, 0.6) is 0 Å². The zero-order chi connectivity index (χ0) is 19.7. The number of furan rings is 1. The number of thiocarbonyl (C=S) groups is 1. The van der Waals surface area contributed by atoms with E-state index in [4.69, 9.17) is 39.8 Å². The highest BCUT2D eigenvalue weighted by atomic mass is 35.5. The lowest BCUT2D eigenvalue weighted by molar-refractivity contribution is 0.244. The van der Waals surface area contributed by atoms with E-state index in [9.17, 15) is 4.79 Å². The first kappa shape index (κ1) is 19.3. The highest BCUT2D eigenvalue weighted by Crippen LogP contribution is 2.37. The summed E-state index contributed by atoms with van der Waals surface area (Å²) < 4.78 is 5.88. The van der Waals surface area contributed by atoms with E-state index in [0.717, 1.165) is 17.3 Å². The third kappa shape index (κ3) is 3.89. The molecule has 0 atom stereocenters. The summed E-state index contributed by atoms with van der Waals surface area (Å²) in [5.74, 6) is 1.19. The quantitative estimate of drug-likeness (QED) is 0.311. The van der Waals surface area contributed by atoms with E-state index in [0.29, 0.717) is 43.6 Å². The van der Waals surface area contributed by atoms with Crippen LogP contribution in [0.4, 0.5) is 4.79 Å². The van der Waals surface area contributed by atoms with Crippen molar-refractivity contribution in [2.45, 2.75) is 6.54 Å². The Labute approximate surface area is 181 Å². The molecular weight excluding hydrogens is 433 g/mol. The molecule has 0 spiro atoms. The smallest absolute Gasteiger partial charge is 0.291 e. The van der Waals surface area contributed by atoms with Crippen molar-refractivity contribution < 1.29 is 9.21 Å². The molecule has 0 saturated carbocycles. The summed E-state index contributed by atoms with van der Waals surface area (Å²) in [6, 6.07) is 18.8. The van der Waals surface area contributed by atoms with Gasteiger partial charge in [-0.3, -0.25) is 9.69 Å². The van der Waals surface area contributed by atoms with Crippen LogP contribution >= 0.6 is 47.2 Å². The number of amides is 1. The van der Waals surface area contributed by atoms with Gasteiger partial charge in [0.1, 0.15) is 16.5 Å². The van der Waals surface area contributed by atoms with Gasteiger partial charge in [0.2, 0.25) is 0 Å². The lowest BCUT2D eigenvalue weighted by Crippen LogP contribution is -2.26. The first-order valence-corrected chi connectivity index (χ1v) is 10.3. The number of thioether (sulfide) groups is 1. The fourth-order valence-electron chi connectivity index (χ4n) is 2.80. The Morgan fingerprint density at radius 1 is 1.04 bits per heavy atom. The largest absolute Gasteiger partial charge is 0.457 e. The summed E-state index contributed by atoms with van der Waals surface area (Å²) in [5.41, 5.74) is 1.73. The van der Waals surface area contributed by atoms with Crippen molar-refractivity contribution in [1.29, 1.82) is 0 Å². The summed E-state index contributed by atoms with van der Waals surface area (Å²) in [6.07, 6.45) is 1.78. The zero-order valence-corrected chi connectivity index (χ0v) is 17.5. The average Bonchev–Trinajstić information content (AvgIpc) is 3.25. The Morgan fingerprint density at radius 3 is 2.61 bits per heavy atom. The lowest BCUT2D eigenvalue weighted by Gasteiger charge is -2.14. The molecule has 0 N–H and O–H groups in total. The van der Waals surface area contributed by atoms with Gasteiger partial charge < -0.3 is 4.42 Å². The molecule has 2 aromatic carbocycles. The molecule has 1 fully saturated rings. The highest BCUT2D eigenvalue weighted by Gasteiger charge is 2.31. The SMILES string of the molecule is O=C1SC(=Cc2ccc(-c3cccc(Cl)c3Cl)o2)C(=S)N1Cc1ccccc1. The topological polar surface area (TPSA) is 33.5 Å². The molecule has 1 aliphatic rings. The van der Waals surface area contributed by atoms with Crippen molar-refractivity contribution in [3.63, 3.8) is 0 Å². The minimum absolute atomic E-state index is 0.0928. The fourth-order valence-corrected chi connectivity index (χ4v) is 4.41. The molecule has 140 valence electrons. The van der Waals surface area contributed by atoms with Crippen LogP contribution in [0.2, 0.25) is 10.0 Å². The molecule has 3 aromatic rings. The standard InChI is InChI=1S/C21H13Cl2NO2S2/c22-16-8-4-7-15(19(16)23)17-10-9-14(26-17)11-18-20(27)24(21(25)28-18)12-13-5-2-1-3-6-13/h1-11H,12H2. The summed E-state index contributed by atoms with van der Waals surface area (Å²) in [6.45, 7) is 0.449. The average molecular weight is 446 g/mol. The van der Waals surface area contributed by atoms with Crippen LogP contribution in [0.1, 0.15) is 11.3 Å². The van der Waals surface area contributed by atoms with Crippen LogP contribution in [0.15, 0.2) is 70.0 Å². The maximum Gasteiger partial charge on any atom is 0.291 e. The zero-order valence-electron chi connectivity index (χ0n) is 14.4. The summed E-state index contributed by atoms with van der Waals surface area (Å²) in [7, 11) is 0. The molecule has 2 heterocycles. The first-order chi connectivity index (χ1) is 13.5. The Bertz CT molecular complexity index is 1090. The molecule has 28 heavy (non-hydrogen) atoms. The molecule has 1 saturated heterocycles. The number of halogens is 2. The van der Waals surface area contributed by atoms with Crippen LogP contribution in [0.3, 0.4) is 0 Å². The van der Waals surface area contributed by atoms with Crippen LogP contribution in [-0.4, -0.2) is 15.1 Å². The van der Waals surface area contributed by atoms with Gasteiger partial charge in [0.15, 0.2) is 0 Å². The van der Waals surface area contributed by atoms with Crippen LogP contribution in [-0.2, 0) is 6.54 Å². The minimum atomic E-state index is -0.0928. The van der Waals surface area contributed by atoms with E-state index < -0.39 is 0 Å². The van der Waals surface area contributed by atoms with Gasteiger partial charge in [-0.1, -0.05) is 71.8 Å². The second-order valence-corrected chi connectivity index (χ2v) is 8.22. The molecule has 1 amide bonds. The van der Waals surface area contributed by atoms with Gasteiger partial charge in [-0.2, -0.15) is 0 Å². The fraction of sp³-hybridized carbons (Fsp3) is 0.0476. The number of hydrogen-bond donors (Lipinski definition) is 0. The number of rotatable bonds is 4. The van der Waals surface area contributed by atoms with Crippen molar-refractivity contribution in [3.8, 4) is 11.3 Å². The van der Waals surface area contributed by atoms with E-state index in [1.54, 1.807) is 17.0 Å². The van der Waals surface area contributed by atoms with Gasteiger partial charge >= 0.3 is 0 Å². The monoisotopic (exact) mass is 445 g/mol. The van der Waals surface area contributed by atoms with E-state index in [1.807, 2.05) is 54.6 Å². The number of hydrogen-bond acceptors (Lipinski definition) is 4. The van der Waals surface area contributed by atoms with Gasteiger partial charge in [-0.15, -0.1) is 0 Å². The molecule has 1 aliphatic heterocycles. The van der Waals surface area contributed by atoms with Crippen molar-refractivity contribution in [2.24, 2.45) is 0 Å². The third-order valence-corrected chi connectivity index (χ3v) is 6.49. The number of carbonyl (C=O) groups is 1. The number of nitrogens with zero attached hydrogens (tertiary/aromatic N) is 1. The predicted octanol–water partition coefficient (Wildman–Crippen LogP) is 7.29. The predicted molar refractivity (Wildman–Crippen MR) is 120 cm³/mol.